The highest BCUT2D eigenvalue weighted by atomic mass is 16.5. The second-order valence-corrected chi connectivity index (χ2v) is 8.03. The number of hydrogen-bond acceptors (Lipinski definition) is 4. The van der Waals surface area contributed by atoms with Gasteiger partial charge in [0.1, 0.15) is 18.1 Å². The van der Waals surface area contributed by atoms with Crippen molar-refractivity contribution >= 4 is 17.5 Å². The molecule has 1 aliphatic carbocycles. The zero-order valence-electron chi connectivity index (χ0n) is 16.8. The van der Waals surface area contributed by atoms with Crippen LogP contribution in [0.25, 0.3) is 0 Å². The molecule has 2 N–H and O–H groups in total. The normalized spacial score (nSPS) is 16.4. The highest BCUT2D eigenvalue weighted by Crippen LogP contribution is 2.25. The van der Waals surface area contributed by atoms with Gasteiger partial charge >= 0.3 is 6.03 Å². The molecule has 0 aliphatic heterocycles. The Kier molecular flexibility index (Phi) is 5.87. The van der Waals surface area contributed by atoms with Crippen LogP contribution < -0.4 is 15.4 Å². The maximum absolute atomic E-state index is 12.1. The molecule has 0 saturated heterocycles. The van der Waals surface area contributed by atoms with E-state index in [2.05, 4.69) is 40.9 Å². The first-order valence-corrected chi connectivity index (χ1v) is 9.45. The Labute approximate surface area is 165 Å². The largest absolute Gasteiger partial charge is 0.489 e. The van der Waals surface area contributed by atoms with Gasteiger partial charge in [0.25, 0.3) is 0 Å². The van der Waals surface area contributed by atoms with Gasteiger partial charge in [0.05, 0.1) is 0 Å². The summed E-state index contributed by atoms with van der Waals surface area (Å²) in [4.78, 5) is 12.1. The van der Waals surface area contributed by atoms with E-state index >= 15 is 0 Å². The molecule has 0 radical (unpaired) electrons. The molecule has 2 aromatic rings. The Morgan fingerprint density at radius 1 is 1.25 bits per heavy atom. The molecule has 0 bridgehead atoms. The van der Waals surface area contributed by atoms with Gasteiger partial charge in [-0.25, -0.2) is 4.79 Å². The molecule has 1 heterocycles. The zero-order chi connectivity index (χ0) is 20.1. The summed E-state index contributed by atoms with van der Waals surface area (Å²) in [5, 5.41) is 9.32. The number of aromatic nitrogens is 1. The summed E-state index contributed by atoms with van der Waals surface area (Å²) in [6.45, 7) is 8.82. The molecule has 6 heteroatoms. The minimum absolute atomic E-state index is 0.166. The van der Waals surface area contributed by atoms with Crippen molar-refractivity contribution in [3.8, 4) is 5.75 Å². The van der Waals surface area contributed by atoms with E-state index in [9.17, 15) is 4.79 Å². The lowest BCUT2D eigenvalue weighted by molar-refractivity contribution is 0.262. The van der Waals surface area contributed by atoms with Crippen LogP contribution in [0.1, 0.15) is 39.9 Å². The van der Waals surface area contributed by atoms with E-state index in [-0.39, 0.29) is 11.4 Å². The number of rotatable bonds is 5. The number of amides is 2. The van der Waals surface area contributed by atoms with Crippen LogP contribution in [0.2, 0.25) is 0 Å². The molecule has 0 fully saturated rings. The number of allylic oxidation sites excluding steroid dienone is 3. The number of nitrogens with zero attached hydrogens (tertiary/aromatic N) is 1. The summed E-state index contributed by atoms with van der Waals surface area (Å²) in [6.07, 6.45) is 7.41. The van der Waals surface area contributed by atoms with Gasteiger partial charge < -0.3 is 14.6 Å². The minimum Gasteiger partial charge on any atom is -0.489 e. The molecular weight excluding hydrogens is 354 g/mol. The molecule has 1 aliphatic rings. The lowest BCUT2D eigenvalue weighted by Gasteiger charge is -2.17. The van der Waals surface area contributed by atoms with Crippen molar-refractivity contribution in [2.45, 2.75) is 39.5 Å². The van der Waals surface area contributed by atoms with Gasteiger partial charge in [-0.15, -0.1) is 0 Å². The van der Waals surface area contributed by atoms with Crippen LogP contribution in [0, 0.1) is 5.92 Å². The van der Waals surface area contributed by atoms with Crippen LogP contribution in [0.4, 0.5) is 16.3 Å². The van der Waals surface area contributed by atoms with Gasteiger partial charge in [-0.1, -0.05) is 51.1 Å². The predicted octanol–water partition coefficient (Wildman–Crippen LogP) is 5.52. The fourth-order valence-electron chi connectivity index (χ4n) is 2.75. The SMILES string of the molecule is CC1CC=CC=C1COc1ccc(NC(=O)Nc2cc(C(C)(C)C)on2)cc1. The standard InChI is InChI=1S/C22H27N3O3/c1-15-7-5-6-8-16(15)14-27-18-11-9-17(10-12-18)23-21(26)24-20-13-19(28-25-20)22(2,3)4/h5-6,8-13,15H,7,14H2,1-4H3,(H2,23,24,25,26). The quantitative estimate of drug-likeness (QED) is 0.715. The lowest BCUT2D eigenvalue weighted by Crippen LogP contribution is -2.19. The summed E-state index contributed by atoms with van der Waals surface area (Å²) < 4.78 is 11.1. The summed E-state index contributed by atoms with van der Waals surface area (Å²) in [7, 11) is 0. The van der Waals surface area contributed by atoms with Gasteiger partial charge in [0.2, 0.25) is 0 Å². The van der Waals surface area contributed by atoms with Crippen molar-refractivity contribution in [1.29, 1.82) is 0 Å². The van der Waals surface area contributed by atoms with E-state index in [1.807, 2.05) is 32.9 Å². The molecule has 6 nitrogen and oxygen atoms in total. The molecule has 1 atom stereocenters. The van der Waals surface area contributed by atoms with E-state index in [0.29, 0.717) is 29.8 Å². The van der Waals surface area contributed by atoms with Crippen LogP contribution in [0.3, 0.4) is 0 Å². The van der Waals surface area contributed by atoms with Gasteiger partial charge in [-0.2, -0.15) is 0 Å². The van der Waals surface area contributed by atoms with Crippen molar-refractivity contribution in [3.05, 3.63) is 59.9 Å². The summed E-state index contributed by atoms with van der Waals surface area (Å²) in [6, 6.07) is 8.64. The van der Waals surface area contributed by atoms with E-state index in [0.717, 1.165) is 12.2 Å². The molecule has 0 spiro atoms. The molecule has 1 aromatic carbocycles. The zero-order valence-corrected chi connectivity index (χ0v) is 16.8. The van der Waals surface area contributed by atoms with Crippen LogP contribution >= 0.6 is 0 Å². The third-order valence-electron chi connectivity index (χ3n) is 4.58. The highest BCUT2D eigenvalue weighted by Gasteiger charge is 2.20. The second kappa shape index (κ2) is 8.33. The number of hydrogen-bond donors (Lipinski definition) is 2. The molecule has 3 rings (SSSR count). The summed E-state index contributed by atoms with van der Waals surface area (Å²) in [5.74, 6) is 2.36. The summed E-state index contributed by atoms with van der Waals surface area (Å²) >= 11 is 0. The summed E-state index contributed by atoms with van der Waals surface area (Å²) in [5.41, 5.74) is 1.78. The topological polar surface area (TPSA) is 76.4 Å². The Hall–Kier alpha value is -3.02. The molecular formula is C22H27N3O3. The second-order valence-electron chi connectivity index (χ2n) is 8.03. The molecule has 0 saturated carbocycles. The average molecular weight is 381 g/mol. The van der Waals surface area contributed by atoms with Gasteiger partial charge in [-0.05, 0) is 42.2 Å². The van der Waals surface area contributed by atoms with E-state index < -0.39 is 0 Å². The first-order chi connectivity index (χ1) is 13.3. The number of ether oxygens (including phenoxy) is 1. The van der Waals surface area contributed by atoms with Crippen molar-refractivity contribution in [2.24, 2.45) is 5.92 Å². The lowest BCUT2D eigenvalue weighted by atomic mass is 9.93. The number of carbonyl (C=O) groups is 1. The van der Waals surface area contributed by atoms with Crippen molar-refractivity contribution in [2.75, 3.05) is 17.2 Å². The number of nitrogens with one attached hydrogen (secondary N) is 2. The van der Waals surface area contributed by atoms with Gasteiger partial charge in [-0.3, -0.25) is 5.32 Å². The first-order valence-electron chi connectivity index (χ1n) is 9.45. The van der Waals surface area contributed by atoms with Gasteiger partial charge in [0, 0.05) is 17.2 Å². The maximum Gasteiger partial charge on any atom is 0.324 e. The van der Waals surface area contributed by atoms with Crippen molar-refractivity contribution in [1.82, 2.24) is 5.16 Å². The number of carbonyl (C=O) groups excluding carboxylic acids is 1. The van der Waals surface area contributed by atoms with Gasteiger partial charge in [0.15, 0.2) is 5.82 Å². The van der Waals surface area contributed by atoms with Crippen LogP contribution in [0.15, 0.2) is 58.7 Å². The third-order valence-corrected chi connectivity index (χ3v) is 4.58. The average Bonchev–Trinajstić information content (AvgIpc) is 3.11. The Morgan fingerprint density at radius 2 is 2.00 bits per heavy atom. The monoisotopic (exact) mass is 381 g/mol. The number of anilines is 2. The first kappa shape index (κ1) is 19.7. The van der Waals surface area contributed by atoms with Crippen molar-refractivity contribution < 1.29 is 14.1 Å². The Morgan fingerprint density at radius 3 is 2.64 bits per heavy atom. The van der Waals surface area contributed by atoms with E-state index in [1.54, 1.807) is 18.2 Å². The number of benzene rings is 1. The molecule has 2 amide bonds. The fraction of sp³-hybridized carbons (Fsp3) is 0.364. The van der Waals surface area contributed by atoms with E-state index in [1.165, 1.54) is 5.57 Å². The maximum atomic E-state index is 12.1. The fourth-order valence-corrected chi connectivity index (χ4v) is 2.75. The van der Waals surface area contributed by atoms with Crippen LogP contribution in [0.5, 0.6) is 5.75 Å². The molecule has 148 valence electrons. The Balaban J connectivity index is 1.51. The molecule has 1 aromatic heterocycles. The van der Waals surface area contributed by atoms with Crippen LogP contribution in [-0.4, -0.2) is 17.8 Å². The van der Waals surface area contributed by atoms with E-state index in [4.69, 9.17) is 9.26 Å². The predicted molar refractivity (Wildman–Crippen MR) is 111 cm³/mol. The molecule has 1 unspecified atom stereocenters. The molecule has 28 heavy (non-hydrogen) atoms. The third kappa shape index (κ3) is 5.25. The van der Waals surface area contributed by atoms with Crippen molar-refractivity contribution in [3.63, 3.8) is 0 Å². The number of urea groups is 1. The Bertz CT molecular complexity index is 873. The highest BCUT2D eigenvalue weighted by molar-refractivity contribution is 5.99. The smallest absolute Gasteiger partial charge is 0.324 e. The minimum atomic E-state index is -0.379. The van der Waals surface area contributed by atoms with Crippen LogP contribution in [-0.2, 0) is 5.41 Å².